The van der Waals surface area contributed by atoms with Gasteiger partial charge in [0, 0.05) is 6.42 Å². The molecule has 1 N–H and O–H groups in total. The number of ether oxygens (including phenoxy) is 2. The molecule has 0 spiro atoms. The summed E-state index contributed by atoms with van der Waals surface area (Å²) in [5.41, 5.74) is 1.06. The molecule has 6 nitrogen and oxygen atoms in total. The Kier molecular flexibility index (Phi) is 5.57. The highest BCUT2D eigenvalue weighted by Crippen LogP contribution is 2.35. The Hall–Kier alpha value is -0.990. The van der Waals surface area contributed by atoms with Crippen LogP contribution in [-0.4, -0.2) is 33.6 Å². The SMILES string of the molecule is CCC1(CC)O[C@@H](Cc2ccccc2)[C@@H](NS(=O)(=O)OC)O1. The van der Waals surface area contributed by atoms with Crippen LogP contribution in [0.2, 0.25) is 0 Å². The molecular weight excluding hydrogens is 306 g/mol. The van der Waals surface area contributed by atoms with E-state index in [-0.39, 0.29) is 0 Å². The molecule has 0 saturated carbocycles. The van der Waals surface area contributed by atoms with Crippen LogP contribution < -0.4 is 4.72 Å². The van der Waals surface area contributed by atoms with Crippen LogP contribution in [-0.2, 0) is 30.4 Å². The van der Waals surface area contributed by atoms with Gasteiger partial charge in [0.25, 0.3) is 0 Å². The molecule has 0 amide bonds. The van der Waals surface area contributed by atoms with Crippen LogP contribution in [0.3, 0.4) is 0 Å². The molecule has 0 aliphatic carbocycles. The summed E-state index contributed by atoms with van der Waals surface area (Å²) in [4.78, 5) is 0. The summed E-state index contributed by atoms with van der Waals surface area (Å²) in [7, 11) is -2.74. The second-order valence-electron chi connectivity index (χ2n) is 5.24. The summed E-state index contributed by atoms with van der Waals surface area (Å²) in [5.74, 6) is -0.764. The summed E-state index contributed by atoms with van der Waals surface area (Å²) in [6.45, 7) is 3.91. The third-order valence-electron chi connectivity index (χ3n) is 3.88. The van der Waals surface area contributed by atoms with E-state index in [1.54, 1.807) is 0 Å². The fourth-order valence-corrected chi connectivity index (χ4v) is 3.12. The maximum Gasteiger partial charge on any atom is 0.337 e. The zero-order valence-electron chi connectivity index (χ0n) is 13.1. The van der Waals surface area contributed by atoms with E-state index in [2.05, 4.69) is 8.91 Å². The van der Waals surface area contributed by atoms with Crippen molar-refractivity contribution in [2.75, 3.05) is 7.11 Å². The van der Waals surface area contributed by atoms with Crippen LogP contribution in [0.4, 0.5) is 0 Å². The van der Waals surface area contributed by atoms with E-state index in [4.69, 9.17) is 9.47 Å². The predicted molar refractivity (Wildman–Crippen MR) is 82.3 cm³/mol. The van der Waals surface area contributed by atoms with Crippen molar-refractivity contribution >= 4 is 10.3 Å². The van der Waals surface area contributed by atoms with Gasteiger partial charge in [-0.15, -0.1) is 0 Å². The summed E-state index contributed by atoms with van der Waals surface area (Å²) in [6.07, 6.45) is 0.650. The van der Waals surface area contributed by atoms with E-state index in [1.807, 2.05) is 44.2 Å². The average molecular weight is 329 g/mol. The molecule has 1 aromatic rings. The van der Waals surface area contributed by atoms with E-state index in [0.717, 1.165) is 12.7 Å². The number of nitrogens with one attached hydrogen (secondary N) is 1. The number of rotatable bonds is 7. The van der Waals surface area contributed by atoms with Crippen LogP contribution >= 0.6 is 0 Å². The van der Waals surface area contributed by atoms with Crippen molar-refractivity contribution < 1.29 is 22.1 Å². The van der Waals surface area contributed by atoms with Crippen molar-refractivity contribution in [3.8, 4) is 0 Å². The fraction of sp³-hybridized carbons (Fsp3) is 0.600. The third kappa shape index (κ3) is 4.05. The zero-order chi connectivity index (χ0) is 16.2. The van der Waals surface area contributed by atoms with Gasteiger partial charge in [-0.3, -0.25) is 4.18 Å². The lowest BCUT2D eigenvalue weighted by molar-refractivity contribution is -0.179. The molecule has 1 heterocycles. The first-order valence-corrected chi connectivity index (χ1v) is 8.82. The minimum atomic E-state index is -3.85. The molecule has 1 aliphatic rings. The van der Waals surface area contributed by atoms with Crippen molar-refractivity contribution in [3.05, 3.63) is 35.9 Å². The molecule has 1 fully saturated rings. The summed E-state index contributed by atoms with van der Waals surface area (Å²) >= 11 is 0. The molecule has 0 unspecified atom stereocenters. The lowest BCUT2D eigenvalue weighted by Crippen LogP contribution is -2.43. The van der Waals surface area contributed by atoms with Gasteiger partial charge in [0.1, 0.15) is 6.10 Å². The molecule has 1 aromatic carbocycles. The fourth-order valence-electron chi connectivity index (χ4n) is 2.54. The van der Waals surface area contributed by atoms with Gasteiger partial charge < -0.3 is 9.47 Å². The van der Waals surface area contributed by atoms with Crippen LogP contribution in [0.25, 0.3) is 0 Å². The van der Waals surface area contributed by atoms with Crippen LogP contribution in [0.5, 0.6) is 0 Å². The number of benzene rings is 1. The van der Waals surface area contributed by atoms with Gasteiger partial charge in [0.15, 0.2) is 12.0 Å². The van der Waals surface area contributed by atoms with Gasteiger partial charge in [-0.25, -0.2) is 0 Å². The quantitative estimate of drug-likeness (QED) is 0.828. The Morgan fingerprint density at radius 3 is 2.36 bits per heavy atom. The number of hydrogen-bond acceptors (Lipinski definition) is 5. The molecular formula is C15H23NO5S. The van der Waals surface area contributed by atoms with Crippen molar-refractivity contribution in [2.24, 2.45) is 0 Å². The van der Waals surface area contributed by atoms with Crippen LogP contribution in [0.15, 0.2) is 30.3 Å². The number of hydrogen-bond donors (Lipinski definition) is 1. The van der Waals surface area contributed by atoms with Gasteiger partial charge in [0.05, 0.1) is 7.11 Å². The second kappa shape index (κ2) is 7.06. The third-order valence-corrected chi connectivity index (χ3v) is 4.84. The lowest BCUT2D eigenvalue weighted by Gasteiger charge is -2.25. The predicted octanol–water partition coefficient (Wildman–Crippen LogP) is 1.97. The van der Waals surface area contributed by atoms with Gasteiger partial charge in [0.2, 0.25) is 0 Å². The van der Waals surface area contributed by atoms with Crippen molar-refractivity contribution in [2.45, 2.75) is 51.2 Å². The van der Waals surface area contributed by atoms with Crippen molar-refractivity contribution in [1.29, 1.82) is 0 Å². The second-order valence-corrected chi connectivity index (χ2v) is 6.72. The topological polar surface area (TPSA) is 73.9 Å². The maximum atomic E-state index is 11.7. The van der Waals surface area contributed by atoms with Crippen LogP contribution in [0.1, 0.15) is 32.3 Å². The highest BCUT2D eigenvalue weighted by molar-refractivity contribution is 7.84. The Labute approximate surface area is 132 Å². The highest BCUT2D eigenvalue weighted by atomic mass is 32.2. The zero-order valence-corrected chi connectivity index (χ0v) is 13.9. The molecule has 0 bridgehead atoms. The van der Waals surface area contributed by atoms with Gasteiger partial charge in [-0.05, 0) is 18.4 Å². The largest absolute Gasteiger partial charge is 0.342 e. The first-order chi connectivity index (χ1) is 10.4. The summed E-state index contributed by atoms with van der Waals surface area (Å²) in [6, 6.07) is 9.76. The van der Waals surface area contributed by atoms with Gasteiger partial charge in [-0.1, -0.05) is 44.2 Å². The molecule has 2 atom stereocenters. The van der Waals surface area contributed by atoms with Crippen molar-refractivity contribution in [1.82, 2.24) is 4.72 Å². The highest BCUT2D eigenvalue weighted by Gasteiger charge is 2.46. The van der Waals surface area contributed by atoms with E-state index < -0.39 is 28.4 Å². The molecule has 1 saturated heterocycles. The summed E-state index contributed by atoms with van der Waals surface area (Å²) in [5, 5.41) is 0. The monoisotopic (exact) mass is 329 g/mol. The van der Waals surface area contributed by atoms with E-state index in [9.17, 15) is 8.42 Å². The summed E-state index contributed by atoms with van der Waals surface area (Å²) < 4.78 is 42.1. The minimum Gasteiger partial charge on any atom is -0.342 e. The lowest BCUT2D eigenvalue weighted by atomic mass is 10.1. The Morgan fingerprint density at radius 1 is 1.18 bits per heavy atom. The smallest absolute Gasteiger partial charge is 0.337 e. The van der Waals surface area contributed by atoms with Crippen LogP contribution in [0, 0.1) is 0 Å². The molecule has 2 rings (SSSR count). The van der Waals surface area contributed by atoms with E-state index in [0.29, 0.717) is 19.3 Å². The Balaban J connectivity index is 2.19. The molecule has 7 heteroatoms. The normalized spacial score (nSPS) is 24.5. The molecule has 22 heavy (non-hydrogen) atoms. The molecule has 124 valence electrons. The standard InChI is InChI=1S/C15H23NO5S/c1-4-15(5-2)20-13(11-12-9-7-6-8-10-12)14(21-15)16-22(17,18)19-3/h6-10,13-14,16H,4-5,11H2,1-3H3/t13-,14-/m0/s1. The first kappa shape index (κ1) is 17.4. The van der Waals surface area contributed by atoms with E-state index in [1.165, 1.54) is 0 Å². The molecule has 0 radical (unpaired) electrons. The first-order valence-electron chi connectivity index (χ1n) is 7.41. The van der Waals surface area contributed by atoms with Crippen molar-refractivity contribution in [3.63, 3.8) is 0 Å². The Bertz CT molecular complexity index is 571. The van der Waals surface area contributed by atoms with Gasteiger partial charge in [-0.2, -0.15) is 13.1 Å². The Morgan fingerprint density at radius 2 is 1.82 bits per heavy atom. The molecule has 1 aliphatic heterocycles. The van der Waals surface area contributed by atoms with Gasteiger partial charge >= 0.3 is 10.3 Å². The van der Waals surface area contributed by atoms with E-state index >= 15 is 0 Å². The minimum absolute atomic E-state index is 0.410. The maximum absolute atomic E-state index is 11.7. The molecule has 0 aromatic heterocycles. The average Bonchev–Trinajstić information content (AvgIpc) is 2.86.